The molecule has 0 amide bonds. The van der Waals surface area contributed by atoms with Crippen LogP contribution in [0.2, 0.25) is 0 Å². The molecule has 0 saturated heterocycles. The van der Waals surface area contributed by atoms with Crippen LogP contribution in [0.5, 0.6) is 5.75 Å². The van der Waals surface area contributed by atoms with Gasteiger partial charge in [-0.05, 0) is 43.1 Å². The van der Waals surface area contributed by atoms with E-state index in [9.17, 15) is 0 Å². The predicted octanol–water partition coefficient (Wildman–Crippen LogP) is 2.85. The van der Waals surface area contributed by atoms with Gasteiger partial charge in [0.15, 0.2) is 0 Å². The molecular formula is C14H20N2O. The Morgan fingerprint density at radius 2 is 2.24 bits per heavy atom. The summed E-state index contributed by atoms with van der Waals surface area (Å²) in [4.78, 5) is 3.26. The second-order valence-electron chi connectivity index (χ2n) is 4.26. The third kappa shape index (κ3) is 2.80. The van der Waals surface area contributed by atoms with Crippen molar-refractivity contribution in [2.24, 2.45) is 5.73 Å². The van der Waals surface area contributed by atoms with Gasteiger partial charge in [-0.15, -0.1) is 0 Å². The molecule has 0 fully saturated rings. The van der Waals surface area contributed by atoms with E-state index in [-0.39, 0.29) is 0 Å². The summed E-state index contributed by atoms with van der Waals surface area (Å²) in [6.07, 6.45) is 5.19. The smallest absolute Gasteiger partial charge is 0.120 e. The predicted molar refractivity (Wildman–Crippen MR) is 71.5 cm³/mol. The highest BCUT2D eigenvalue weighted by molar-refractivity contribution is 5.84. The van der Waals surface area contributed by atoms with E-state index in [1.165, 1.54) is 10.9 Å². The van der Waals surface area contributed by atoms with Crippen molar-refractivity contribution in [1.29, 1.82) is 0 Å². The Morgan fingerprint density at radius 3 is 3.00 bits per heavy atom. The molecular weight excluding hydrogens is 212 g/mol. The van der Waals surface area contributed by atoms with E-state index in [4.69, 9.17) is 10.5 Å². The fourth-order valence-electron chi connectivity index (χ4n) is 1.94. The average molecular weight is 232 g/mol. The Hall–Kier alpha value is -1.48. The highest BCUT2D eigenvalue weighted by atomic mass is 16.5. The van der Waals surface area contributed by atoms with E-state index in [0.717, 1.165) is 37.1 Å². The molecule has 0 radical (unpaired) electrons. The molecule has 92 valence electrons. The van der Waals surface area contributed by atoms with Crippen molar-refractivity contribution >= 4 is 10.9 Å². The number of hydrogen-bond donors (Lipinski definition) is 2. The Kier molecular flexibility index (Phi) is 4.04. The first kappa shape index (κ1) is 12.0. The van der Waals surface area contributed by atoms with Crippen molar-refractivity contribution in [3.8, 4) is 5.75 Å². The van der Waals surface area contributed by atoms with Crippen molar-refractivity contribution in [3.05, 3.63) is 30.0 Å². The van der Waals surface area contributed by atoms with E-state index in [2.05, 4.69) is 24.0 Å². The van der Waals surface area contributed by atoms with Crippen LogP contribution in [0.3, 0.4) is 0 Å². The second kappa shape index (κ2) is 5.73. The summed E-state index contributed by atoms with van der Waals surface area (Å²) in [5, 5.41) is 1.23. The van der Waals surface area contributed by atoms with Gasteiger partial charge in [-0.1, -0.05) is 13.3 Å². The van der Waals surface area contributed by atoms with Crippen molar-refractivity contribution in [3.63, 3.8) is 0 Å². The van der Waals surface area contributed by atoms with Gasteiger partial charge in [-0.2, -0.15) is 0 Å². The van der Waals surface area contributed by atoms with E-state index in [1.54, 1.807) is 0 Å². The molecule has 0 unspecified atom stereocenters. The number of hydrogen-bond acceptors (Lipinski definition) is 2. The van der Waals surface area contributed by atoms with Gasteiger partial charge >= 0.3 is 0 Å². The van der Waals surface area contributed by atoms with Gasteiger partial charge in [0.2, 0.25) is 0 Å². The minimum absolute atomic E-state index is 0.674. The van der Waals surface area contributed by atoms with Crippen molar-refractivity contribution < 1.29 is 4.74 Å². The first-order chi connectivity index (χ1) is 8.35. The van der Waals surface area contributed by atoms with Crippen molar-refractivity contribution in [2.75, 3.05) is 13.2 Å². The summed E-state index contributed by atoms with van der Waals surface area (Å²) >= 11 is 0. The maximum atomic E-state index is 5.71. The maximum absolute atomic E-state index is 5.71. The lowest BCUT2D eigenvalue weighted by molar-refractivity contribution is 0.310. The van der Waals surface area contributed by atoms with Crippen molar-refractivity contribution in [1.82, 2.24) is 4.98 Å². The minimum atomic E-state index is 0.674. The molecule has 3 N–H and O–H groups in total. The third-order valence-corrected chi connectivity index (χ3v) is 2.92. The first-order valence-corrected chi connectivity index (χ1v) is 6.28. The van der Waals surface area contributed by atoms with Gasteiger partial charge in [0, 0.05) is 17.1 Å². The molecule has 1 aromatic carbocycles. The fraction of sp³-hybridized carbons (Fsp3) is 0.429. The van der Waals surface area contributed by atoms with Gasteiger partial charge in [0.05, 0.1) is 6.61 Å². The zero-order valence-electron chi connectivity index (χ0n) is 10.3. The van der Waals surface area contributed by atoms with E-state index in [1.807, 2.05) is 12.3 Å². The number of unbranched alkanes of at least 4 members (excludes halogenated alkanes) is 1. The summed E-state index contributed by atoms with van der Waals surface area (Å²) in [5.74, 6) is 0.948. The van der Waals surface area contributed by atoms with Gasteiger partial charge in [-0.3, -0.25) is 0 Å². The molecule has 0 saturated carbocycles. The van der Waals surface area contributed by atoms with Gasteiger partial charge in [0.1, 0.15) is 5.75 Å². The molecule has 2 aromatic rings. The largest absolute Gasteiger partial charge is 0.494 e. The quantitative estimate of drug-likeness (QED) is 0.752. The first-order valence-electron chi connectivity index (χ1n) is 6.28. The lowest BCUT2D eigenvalue weighted by Gasteiger charge is -2.05. The normalized spacial score (nSPS) is 10.9. The number of nitrogens with two attached hydrogens (primary N) is 1. The number of benzene rings is 1. The number of aromatic amines is 1. The van der Waals surface area contributed by atoms with Crippen molar-refractivity contribution in [2.45, 2.75) is 26.2 Å². The van der Waals surface area contributed by atoms with Crippen LogP contribution in [-0.4, -0.2) is 18.1 Å². The van der Waals surface area contributed by atoms with Gasteiger partial charge in [0.25, 0.3) is 0 Å². The molecule has 0 aliphatic heterocycles. The second-order valence-corrected chi connectivity index (χ2v) is 4.26. The summed E-state index contributed by atoms with van der Waals surface area (Å²) in [5.41, 5.74) is 8.02. The summed E-state index contributed by atoms with van der Waals surface area (Å²) < 4.78 is 5.71. The molecule has 3 nitrogen and oxygen atoms in total. The van der Waals surface area contributed by atoms with Crippen LogP contribution in [0.4, 0.5) is 0 Å². The Labute approximate surface area is 102 Å². The standard InChI is InChI=1S/C14H20N2O/c1-2-3-8-17-12-4-5-14-13(9-12)11(6-7-15)10-16-14/h4-5,9-10,16H,2-3,6-8,15H2,1H3. The molecule has 0 bridgehead atoms. The van der Waals surface area contributed by atoms with Gasteiger partial charge in [-0.25, -0.2) is 0 Å². The van der Waals surface area contributed by atoms with E-state index >= 15 is 0 Å². The molecule has 1 aromatic heterocycles. The number of nitrogens with one attached hydrogen (secondary N) is 1. The van der Waals surface area contributed by atoms with Crippen LogP contribution in [0.1, 0.15) is 25.3 Å². The maximum Gasteiger partial charge on any atom is 0.120 e. The number of ether oxygens (including phenoxy) is 1. The number of aromatic nitrogens is 1. The summed E-state index contributed by atoms with van der Waals surface area (Å²) in [6.45, 7) is 3.63. The SMILES string of the molecule is CCCCOc1ccc2[nH]cc(CCN)c2c1. The van der Waals surface area contributed by atoms with Crippen LogP contribution in [0.15, 0.2) is 24.4 Å². The summed E-state index contributed by atoms with van der Waals surface area (Å²) in [6, 6.07) is 6.18. The molecule has 0 atom stereocenters. The molecule has 17 heavy (non-hydrogen) atoms. The number of H-pyrrole nitrogens is 1. The zero-order valence-corrected chi connectivity index (χ0v) is 10.3. The Balaban J connectivity index is 2.18. The molecule has 3 heteroatoms. The molecule has 0 spiro atoms. The highest BCUT2D eigenvalue weighted by Gasteiger charge is 2.04. The monoisotopic (exact) mass is 232 g/mol. The van der Waals surface area contributed by atoms with Crippen LogP contribution in [-0.2, 0) is 6.42 Å². The molecule has 0 aliphatic rings. The van der Waals surface area contributed by atoms with E-state index < -0.39 is 0 Å². The topological polar surface area (TPSA) is 51.0 Å². The fourth-order valence-corrected chi connectivity index (χ4v) is 1.94. The minimum Gasteiger partial charge on any atom is -0.494 e. The van der Waals surface area contributed by atoms with Crippen LogP contribution < -0.4 is 10.5 Å². The van der Waals surface area contributed by atoms with Crippen LogP contribution >= 0.6 is 0 Å². The Morgan fingerprint density at radius 1 is 1.35 bits per heavy atom. The number of rotatable bonds is 6. The van der Waals surface area contributed by atoms with E-state index in [0.29, 0.717) is 6.54 Å². The molecule has 2 rings (SSSR count). The third-order valence-electron chi connectivity index (χ3n) is 2.92. The molecule has 1 heterocycles. The Bertz CT molecular complexity index is 476. The highest BCUT2D eigenvalue weighted by Crippen LogP contribution is 2.24. The summed E-state index contributed by atoms with van der Waals surface area (Å²) in [7, 11) is 0. The zero-order chi connectivity index (χ0) is 12.1. The lowest BCUT2D eigenvalue weighted by atomic mass is 10.1. The van der Waals surface area contributed by atoms with Crippen LogP contribution in [0.25, 0.3) is 10.9 Å². The van der Waals surface area contributed by atoms with Crippen LogP contribution in [0, 0.1) is 0 Å². The van der Waals surface area contributed by atoms with Gasteiger partial charge < -0.3 is 15.5 Å². The molecule has 0 aliphatic carbocycles. The average Bonchev–Trinajstić information content (AvgIpc) is 2.73. The number of fused-ring (bicyclic) bond motifs is 1. The lowest BCUT2D eigenvalue weighted by Crippen LogP contribution is -2.02.